The molecule has 0 aliphatic carbocycles. The fourth-order valence-electron chi connectivity index (χ4n) is 3.61. The molecular formula is C19H25Cl2N3O2. The molecule has 4 rings (SSSR count). The van der Waals surface area contributed by atoms with Gasteiger partial charge < -0.3 is 15.1 Å². The molecule has 26 heavy (non-hydrogen) atoms. The van der Waals surface area contributed by atoms with Gasteiger partial charge in [-0.2, -0.15) is 0 Å². The Hall–Kier alpha value is -1.53. The molecule has 0 spiro atoms. The maximum absolute atomic E-state index is 12.4. The van der Waals surface area contributed by atoms with Crippen molar-refractivity contribution in [3.63, 3.8) is 0 Å². The van der Waals surface area contributed by atoms with Crippen molar-refractivity contribution in [3.8, 4) is 0 Å². The first-order valence-electron chi connectivity index (χ1n) is 8.62. The van der Waals surface area contributed by atoms with Crippen molar-refractivity contribution in [2.75, 3.05) is 19.6 Å². The van der Waals surface area contributed by atoms with Gasteiger partial charge in [0.05, 0.1) is 6.54 Å². The number of benzene rings is 1. The molecule has 2 aliphatic rings. The van der Waals surface area contributed by atoms with Crippen LogP contribution in [0.25, 0.3) is 0 Å². The van der Waals surface area contributed by atoms with Crippen molar-refractivity contribution in [2.24, 2.45) is 5.73 Å². The van der Waals surface area contributed by atoms with Crippen molar-refractivity contribution in [1.82, 2.24) is 9.80 Å². The minimum Gasteiger partial charge on any atom is -0.455 e. The second-order valence-electron chi connectivity index (χ2n) is 6.80. The molecule has 1 aromatic carbocycles. The molecule has 1 atom stereocenters. The Morgan fingerprint density at radius 2 is 1.88 bits per heavy atom. The Morgan fingerprint density at radius 3 is 2.62 bits per heavy atom. The normalized spacial score (nSPS) is 19.4. The zero-order chi connectivity index (χ0) is 16.5. The highest BCUT2D eigenvalue weighted by molar-refractivity contribution is 5.91. The highest BCUT2D eigenvalue weighted by Crippen LogP contribution is 2.21. The summed E-state index contributed by atoms with van der Waals surface area (Å²) < 4.78 is 5.81. The molecule has 1 unspecified atom stereocenters. The SMILES string of the molecule is Cl.Cl.NC1CCN(C(=O)c2ccc(CN3CCc4ccccc4C3)o2)C1. The predicted octanol–water partition coefficient (Wildman–Crippen LogP) is 2.85. The monoisotopic (exact) mass is 397 g/mol. The molecular weight excluding hydrogens is 373 g/mol. The van der Waals surface area contributed by atoms with Crippen LogP contribution in [0.4, 0.5) is 0 Å². The number of amides is 1. The highest BCUT2D eigenvalue weighted by atomic mass is 35.5. The smallest absolute Gasteiger partial charge is 0.289 e. The van der Waals surface area contributed by atoms with Gasteiger partial charge in [-0.1, -0.05) is 24.3 Å². The number of halogens is 2. The summed E-state index contributed by atoms with van der Waals surface area (Å²) in [6.45, 7) is 4.03. The van der Waals surface area contributed by atoms with E-state index in [1.165, 1.54) is 11.1 Å². The molecule has 5 nitrogen and oxygen atoms in total. The number of rotatable bonds is 3. The van der Waals surface area contributed by atoms with Gasteiger partial charge in [-0.3, -0.25) is 9.69 Å². The van der Waals surface area contributed by atoms with Crippen LogP contribution in [-0.2, 0) is 19.5 Å². The van der Waals surface area contributed by atoms with Gasteiger partial charge in [0, 0.05) is 32.2 Å². The van der Waals surface area contributed by atoms with Gasteiger partial charge in [0.1, 0.15) is 5.76 Å². The Morgan fingerprint density at radius 1 is 1.12 bits per heavy atom. The number of nitrogens with two attached hydrogens (primary N) is 1. The molecule has 142 valence electrons. The van der Waals surface area contributed by atoms with E-state index in [4.69, 9.17) is 10.2 Å². The number of carbonyl (C=O) groups is 1. The quantitative estimate of drug-likeness (QED) is 0.864. The standard InChI is InChI=1S/C19H23N3O2.2ClH/c20-16-8-10-22(12-16)19(23)18-6-5-17(24-18)13-21-9-7-14-3-1-2-4-15(14)11-21;;/h1-6,16H,7-13,20H2;2*1H. The molecule has 7 heteroatoms. The van der Waals surface area contributed by atoms with Crippen LogP contribution in [0, 0.1) is 0 Å². The first-order valence-corrected chi connectivity index (χ1v) is 8.62. The van der Waals surface area contributed by atoms with Crippen LogP contribution in [0.1, 0.15) is 33.9 Å². The van der Waals surface area contributed by atoms with Crippen LogP contribution in [0.15, 0.2) is 40.8 Å². The fraction of sp³-hybridized carbons (Fsp3) is 0.421. The molecule has 0 radical (unpaired) electrons. The fourth-order valence-corrected chi connectivity index (χ4v) is 3.61. The summed E-state index contributed by atoms with van der Waals surface area (Å²) in [4.78, 5) is 16.6. The Balaban J connectivity index is 0.00000121. The average Bonchev–Trinajstić information content (AvgIpc) is 3.23. The van der Waals surface area contributed by atoms with Gasteiger partial charge >= 0.3 is 0 Å². The minimum absolute atomic E-state index is 0. The number of hydrogen-bond acceptors (Lipinski definition) is 4. The zero-order valence-corrected chi connectivity index (χ0v) is 16.2. The first-order chi connectivity index (χ1) is 11.7. The van der Waals surface area contributed by atoms with E-state index in [0.29, 0.717) is 12.3 Å². The third kappa shape index (κ3) is 4.41. The molecule has 2 aromatic rings. The molecule has 1 fully saturated rings. The zero-order valence-electron chi connectivity index (χ0n) is 14.6. The molecule has 0 saturated carbocycles. The van der Waals surface area contributed by atoms with Crippen molar-refractivity contribution in [2.45, 2.75) is 32.0 Å². The van der Waals surface area contributed by atoms with E-state index in [1.54, 1.807) is 11.0 Å². The van der Waals surface area contributed by atoms with Crippen LogP contribution in [0.5, 0.6) is 0 Å². The number of hydrogen-bond donors (Lipinski definition) is 1. The van der Waals surface area contributed by atoms with Gasteiger partial charge in [-0.05, 0) is 36.1 Å². The number of furan rings is 1. The molecule has 1 saturated heterocycles. The van der Waals surface area contributed by atoms with E-state index in [2.05, 4.69) is 29.2 Å². The van der Waals surface area contributed by atoms with Crippen molar-refractivity contribution in [3.05, 3.63) is 59.0 Å². The molecule has 1 amide bonds. The van der Waals surface area contributed by atoms with E-state index in [0.717, 1.165) is 44.8 Å². The van der Waals surface area contributed by atoms with E-state index in [9.17, 15) is 4.79 Å². The van der Waals surface area contributed by atoms with Crippen molar-refractivity contribution >= 4 is 30.7 Å². The van der Waals surface area contributed by atoms with Crippen LogP contribution < -0.4 is 5.73 Å². The van der Waals surface area contributed by atoms with Crippen LogP contribution >= 0.6 is 24.8 Å². The highest BCUT2D eigenvalue weighted by Gasteiger charge is 2.26. The minimum atomic E-state index is -0.0433. The van der Waals surface area contributed by atoms with Gasteiger partial charge in [0.15, 0.2) is 5.76 Å². The largest absolute Gasteiger partial charge is 0.455 e. The third-order valence-electron chi connectivity index (χ3n) is 4.97. The number of nitrogens with zero attached hydrogens (tertiary/aromatic N) is 2. The number of carbonyl (C=O) groups excluding carboxylic acids is 1. The van der Waals surface area contributed by atoms with Gasteiger partial charge in [-0.25, -0.2) is 0 Å². The van der Waals surface area contributed by atoms with Gasteiger partial charge in [-0.15, -0.1) is 24.8 Å². The van der Waals surface area contributed by atoms with E-state index >= 15 is 0 Å². The Kier molecular flexibility index (Phi) is 7.12. The van der Waals surface area contributed by atoms with E-state index < -0.39 is 0 Å². The van der Waals surface area contributed by atoms with Crippen molar-refractivity contribution < 1.29 is 9.21 Å². The molecule has 1 aromatic heterocycles. The lowest BCUT2D eigenvalue weighted by Gasteiger charge is -2.27. The summed E-state index contributed by atoms with van der Waals surface area (Å²) in [5.41, 5.74) is 8.70. The second-order valence-corrected chi connectivity index (χ2v) is 6.80. The van der Waals surface area contributed by atoms with Gasteiger partial charge in [0.2, 0.25) is 0 Å². The number of fused-ring (bicyclic) bond motifs is 1. The molecule has 2 aliphatic heterocycles. The molecule has 2 N–H and O–H groups in total. The summed E-state index contributed by atoms with van der Waals surface area (Å²) in [6.07, 6.45) is 1.93. The van der Waals surface area contributed by atoms with Crippen LogP contribution in [0.2, 0.25) is 0 Å². The van der Waals surface area contributed by atoms with Crippen LogP contribution in [-0.4, -0.2) is 41.4 Å². The third-order valence-corrected chi connectivity index (χ3v) is 4.97. The van der Waals surface area contributed by atoms with Crippen LogP contribution in [0.3, 0.4) is 0 Å². The van der Waals surface area contributed by atoms with Crippen molar-refractivity contribution in [1.29, 1.82) is 0 Å². The topological polar surface area (TPSA) is 62.7 Å². The molecule has 3 heterocycles. The summed E-state index contributed by atoms with van der Waals surface area (Å²) in [6, 6.07) is 12.4. The Labute approximate surface area is 166 Å². The lowest BCUT2D eigenvalue weighted by molar-refractivity contribution is 0.0755. The number of likely N-dealkylation sites (tertiary alicyclic amines) is 1. The Bertz CT molecular complexity index is 750. The lowest BCUT2D eigenvalue weighted by Crippen LogP contribution is -2.31. The first kappa shape index (κ1) is 20.8. The maximum Gasteiger partial charge on any atom is 0.289 e. The summed E-state index contributed by atoms with van der Waals surface area (Å²) >= 11 is 0. The maximum atomic E-state index is 12.4. The van der Waals surface area contributed by atoms with E-state index in [1.807, 2.05) is 6.07 Å². The second kappa shape index (κ2) is 8.91. The van der Waals surface area contributed by atoms with E-state index in [-0.39, 0.29) is 36.8 Å². The average molecular weight is 398 g/mol. The lowest BCUT2D eigenvalue weighted by atomic mass is 10.00. The van der Waals surface area contributed by atoms with Gasteiger partial charge in [0.25, 0.3) is 5.91 Å². The summed E-state index contributed by atoms with van der Waals surface area (Å²) in [5.74, 6) is 1.23. The predicted molar refractivity (Wildman–Crippen MR) is 106 cm³/mol. The molecule has 0 bridgehead atoms. The summed E-state index contributed by atoms with van der Waals surface area (Å²) in [5, 5.41) is 0. The summed E-state index contributed by atoms with van der Waals surface area (Å²) in [7, 11) is 0.